The van der Waals surface area contributed by atoms with E-state index >= 15 is 0 Å². The Hall–Kier alpha value is -3.07. The molecule has 0 heterocycles. The number of carbonyl (C=O) groups excluding carboxylic acids is 2. The molecule has 1 N–H and O–H groups in total. The molecule has 0 aromatic rings. The summed E-state index contributed by atoms with van der Waals surface area (Å²) < 4.78 is 34.0. The molecule has 50 heavy (non-hydrogen) atoms. The van der Waals surface area contributed by atoms with Crippen LogP contribution in [0.15, 0.2) is 97.2 Å². The molecule has 0 saturated heterocycles. The maximum Gasteiger partial charge on any atom is 0.472 e. The van der Waals surface area contributed by atoms with Gasteiger partial charge in [0.2, 0.25) is 0 Å². The number of unbranched alkanes of at least 4 members (excludes halogenated alkanes) is 6. The van der Waals surface area contributed by atoms with Gasteiger partial charge in [-0.2, -0.15) is 0 Å². The van der Waals surface area contributed by atoms with E-state index in [0.717, 1.165) is 44.9 Å². The Bertz CT molecular complexity index is 1170. The Balaban J connectivity index is 4.66. The number of phosphoric acid groups is 1. The molecule has 0 bridgehead atoms. The molecule has 9 nitrogen and oxygen atoms in total. The molecule has 2 atom stereocenters. The second-order valence-corrected chi connectivity index (χ2v) is 14.1. The van der Waals surface area contributed by atoms with Crippen molar-refractivity contribution in [1.82, 2.24) is 0 Å². The van der Waals surface area contributed by atoms with Crippen LogP contribution in [0.25, 0.3) is 0 Å². The van der Waals surface area contributed by atoms with Gasteiger partial charge in [0.1, 0.15) is 19.8 Å². The number of phosphoric ester groups is 1. The Morgan fingerprint density at radius 2 is 1.10 bits per heavy atom. The number of allylic oxidation sites excluding steroid dienone is 16. The van der Waals surface area contributed by atoms with Crippen LogP contribution in [0, 0.1) is 0 Å². The van der Waals surface area contributed by atoms with E-state index in [1.54, 1.807) is 0 Å². The molecule has 0 spiro atoms. The normalized spacial score (nSPS) is 14.9. The molecule has 0 aliphatic carbocycles. The maximum atomic E-state index is 12.6. The fourth-order valence-corrected chi connectivity index (χ4v) is 4.72. The standard InChI is InChI=1S/C40H64NO8P/c1-6-8-10-12-14-16-18-20-22-24-26-28-30-32-39(42)46-36-38(37-48-50(44,45)47-35-34-41(3,4)5)49-40(43)33-31-29-27-25-23-21-19-17-15-13-11-9-7-2/h8-19,21,23,25,27,38H,6-7,20,22,24,26,28-37H2,1-5H3/p+1/b10-8+,11-9+,14-12+,15-13+,18-16+,19-17+,23-21+,27-25+. The fourth-order valence-electron chi connectivity index (χ4n) is 3.98. The first-order chi connectivity index (χ1) is 24.0. The van der Waals surface area contributed by atoms with Gasteiger partial charge < -0.3 is 18.9 Å². The van der Waals surface area contributed by atoms with E-state index in [1.807, 2.05) is 94.1 Å². The Morgan fingerprint density at radius 3 is 1.66 bits per heavy atom. The number of ether oxygens (including phenoxy) is 2. The van der Waals surface area contributed by atoms with Crippen molar-refractivity contribution in [1.29, 1.82) is 0 Å². The van der Waals surface area contributed by atoms with Crippen LogP contribution in [0.3, 0.4) is 0 Å². The Kier molecular flexibility index (Phi) is 29.9. The smallest absolute Gasteiger partial charge is 0.462 e. The first kappa shape index (κ1) is 46.9. The van der Waals surface area contributed by atoms with Gasteiger partial charge in [0, 0.05) is 12.8 Å². The molecule has 0 aromatic carbocycles. The van der Waals surface area contributed by atoms with E-state index in [4.69, 9.17) is 18.5 Å². The van der Waals surface area contributed by atoms with Crippen LogP contribution < -0.4 is 0 Å². The minimum absolute atomic E-state index is 0.00832. The van der Waals surface area contributed by atoms with Gasteiger partial charge in [-0.3, -0.25) is 18.6 Å². The Morgan fingerprint density at radius 1 is 0.620 bits per heavy atom. The summed E-state index contributed by atoms with van der Waals surface area (Å²) in [7, 11) is 1.39. The van der Waals surface area contributed by atoms with Crippen molar-refractivity contribution in [2.45, 2.75) is 97.0 Å². The van der Waals surface area contributed by atoms with Crippen LogP contribution >= 0.6 is 7.82 Å². The summed E-state index contributed by atoms with van der Waals surface area (Å²) in [6.45, 7) is 3.97. The van der Waals surface area contributed by atoms with Gasteiger partial charge >= 0.3 is 19.8 Å². The molecule has 0 rings (SSSR count). The van der Waals surface area contributed by atoms with Gasteiger partial charge in [-0.1, -0.05) is 130 Å². The SMILES string of the molecule is CC/C=C/C=C/C=C/C=C/C=C/CCCC(=O)OC(COC(=O)CCCCCCC/C=C/C=C/C=C/CC)COP(=O)(O)OCC[N+](C)(C)C. The molecule has 0 aliphatic heterocycles. The number of hydrogen-bond acceptors (Lipinski definition) is 7. The van der Waals surface area contributed by atoms with Crippen molar-refractivity contribution in [3.05, 3.63) is 97.2 Å². The van der Waals surface area contributed by atoms with E-state index < -0.39 is 32.5 Å². The third kappa shape index (κ3) is 34.8. The van der Waals surface area contributed by atoms with Gasteiger partial charge in [-0.05, 0) is 44.9 Å². The molecular weight excluding hydrogens is 653 g/mol. The van der Waals surface area contributed by atoms with E-state index in [1.165, 1.54) is 0 Å². The summed E-state index contributed by atoms with van der Waals surface area (Å²) in [4.78, 5) is 35.1. The van der Waals surface area contributed by atoms with Crippen molar-refractivity contribution >= 4 is 19.8 Å². The molecule has 0 radical (unpaired) electrons. The highest BCUT2D eigenvalue weighted by atomic mass is 31.2. The van der Waals surface area contributed by atoms with Crippen molar-refractivity contribution in [2.75, 3.05) is 47.5 Å². The zero-order valence-corrected chi connectivity index (χ0v) is 32.2. The summed E-state index contributed by atoms with van der Waals surface area (Å²) in [6.07, 6.45) is 40.5. The number of quaternary nitrogens is 1. The molecule has 0 fully saturated rings. The molecular formula is C40H65NO8P+. The lowest BCUT2D eigenvalue weighted by atomic mass is 10.1. The average Bonchev–Trinajstić information content (AvgIpc) is 3.06. The number of likely N-dealkylation sites (N-methyl/N-ethyl adjacent to an activating group) is 1. The van der Waals surface area contributed by atoms with Crippen LogP contribution in [-0.4, -0.2) is 74.9 Å². The van der Waals surface area contributed by atoms with Crippen LogP contribution in [-0.2, 0) is 32.7 Å². The first-order valence-corrected chi connectivity index (χ1v) is 19.6. The van der Waals surface area contributed by atoms with Crippen LogP contribution in [0.2, 0.25) is 0 Å². The number of nitrogens with zero attached hydrogens (tertiary/aromatic N) is 1. The van der Waals surface area contributed by atoms with E-state index in [-0.39, 0.29) is 26.1 Å². The number of rotatable bonds is 30. The molecule has 0 amide bonds. The minimum atomic E-state index is -4.40. The van der Waals surface area contributed by atoms with Crippen LogP contribution in [0.5, 0.6) is 0 Å². The fraction of sp³-hybridized carbons (Fsp3) is 0.550. The van der Waals surface area contributed by atoms with Crippen LogP contribution in [0.4, 0.5) is 0 Å². The second kappa shape index (κ2) is 31.9. The van der Waals surface area contributed by atoms with Gasteiger partial charge in [-0.15, -0.1) is 0 Å². The maximum absolute atomic E-state index is 12.6. The lowest BCUT2D eigenvalue weighted by Gasteiger charge is -2.24. The van der Waals surface area contributed by atoms with Gasteiger partial charge in [0.25, 0.3) is 0 Å². The topological polar surface area (TPSA) is 108 Å². The monoisotopic (exact) mass is 718 g/mol. The average molecular weight is 719 g/mol. The molecule has 282 valence electrons. The van der Waals surface area contributed by atoms with Gasteiger partial charge in [-0.25, -0.2) is 4.57 Å². The zero-order valence-electron chi connectivity index (χ0n) is 31.3. The quantitative estimate of drug-likeness (QED) is 0.0257. The van der Waals surface area contributed by atoms with Crippen molar-refractivity contribution < 1.29 is 42.1 Å². The van der Waals surface area contributed by atoms with Crippen molar-refractivity contribution in [3.63, 3.8) is 0 Å². The van der Waals surface area contributed by atoms with Crippen molar-refractivity contribution in [3.8, 4) is 0 Å². The van der Waals surface area contributed by atoms with E-state index in [2.05, 4.69) is 38.2 Å². The van der Waals surface area contributed by atoms with Gasteiger partial charge in [0.15, 0.2) is 6.10 Å². The first-order valence-electron chi connectivity index (χ1n) is 18.1. The van der Waals surface area contributed by atoms with Crippen LogP contribution in [0.1, 0.15) is 90.9 Å². The molecule has 0 saturated carbocycles. The number of carbonyl (C=O) groups is 2. The summed E-state index contributed by atoms with van der Waals surface area (Å²) in [5.41, 5.74) is 0. The summed E-state index contributed by atoms with van der Waals surface area (Å²) in [5, 5.41) is 0. The largest absolute Gasteiger partial charge is 0.472 e. The highest BCUT2D eigenvalue weighted by Gasteiger charge is 2.27. The van der Waals surface area contributed by atoms with Gasteiger partial charge in [0.05, 0.1) is 27.7 Å². The van der Waals surface area contributed by atoms with E-state index in [9.17, 15) is 19.0 Å². The predicted octanol–water partition coefficient (Wildman–Crippen LogP) is 9.45. The second-order valence-electron chi connectivity index (χ2n) is 12.7. The predicted molar refractivity (Wildman–Crippen MR) is 205 cm³/mol. The summed E-state index contributed by atoms with van der Waals surface area (Å²) >= 11 is 0. The summed E-state index contributed by atoms with van der Waals surface area (Å²) in [5.74, 6) is -0.926. The lowest BCUT2D eigenvalue weighted by Crippen LogP contribution is -2.37. The number of esters is 2. The molecule has 0 aliphatic rings. The van der Waals surface area contributed by atoms with Crippen molar-refractivity contribution in [2.24, 2.45) is 0 Å². The highest BCUT2D eigenvalue weighted by Crippen LogP contribution is 2.43. The molecule has 10 heteroatoms. The molecule has 2 unspecified atom stereocenters. The highest BCUT2D eigenvalue weighted by molar-refractivity contribution is 7.47. The van der Waals surface area contributed by atoms with E-state index in [0.29, 0.717) is 30.3 Å². The third-order valence-electron chi connectivity index (χ3n) is 6.80. The minimum Gasteiger partial charge on any atom is -0.462 e. The Labute approximate surface area is 303 Å². The molecule has 0 aromatic heterocycles. The lowest BCUT2D eigenvalue weighted by molar-refractivity contribution is -0.870. The third-order valence-corrected chi connectivity index (χ3v) is 7.78. The summed E-state index contributed by atoms with van der Waals surface area (Å²) in [6, 6.07) is 0. The zero-order chi connectivity index (χ0) is 37.2. The number of hydrogen-bond donors (Lipinski definition) is 1.